The summed E-state index contributed by atoms with van der Waals surface area (Å²) in [4.78, 5) is 3.80. The topological polar surface area (TPSA) is 38.5 Å². The Bertz CT molecular complexity index is 566. The van der Waals surface area contributed by atoms with Gasteiger partial charge in [-0.2, -0.15) is 0 Å². The van der Waals surface area contributed by atoms with Gasteiger partial charge in [0.1, 0.15) is 0 Å². The zero-order valence-electron chi connectivity index (χ0n) is 11.3. The Labute approximate surface area is 118 Å². The minimum absolute atomic E-state index is 0.395. The number of fused-ring (bicyclic) bond motifs is 1. The fourth-order valence-electron chi connectivity index (χ4n) is 2.84. The van der Waals surface area contributed by atoms with E-state index >= 15 is 0 Å². The standard InChI is InChI=1S/C15H20N2OS/c1-18-11-6-7-17(9-11)10-13-12-4-2-3-5-14(12)19-15(13)8-16/h2-5,11H,6-10,16H2,1H3. The molecule has 0 saturated carbocycles. The number of nitrogens with two attached hydrogens (primary N) is 1. The molecule has 2 N–H and O–H groups in total. The second-order valence-corrected chi connectivity index (χ2v) is 6.22. The van der Waals surface area contributed by atoms with Gasteiger partial charge in [0.15, 0.2) is 0 Å². The van der Waals surface area contributed by atoms with Crippen LogP contribution in [-0.4, -0.2) is 31.2 Å². The summed E-state index contributed by atoms with van der Waals surface area (Å²) in [6.45, 7) is 3.78. The van der Waals surface area contributed by atoms with Crippen LogP contribution in [0.1, 0.15) is 16.9 Å². The van der Waals surface area contributed by atoms with Crippen LogP contribution in [0.4, 0.5) is 0 Å². The maximum Gasteiger partial charge on any atom is 0.0710 e. The molecule has 3 nitrogen and oxygen atoms in total. The first kappa shape index (κ1) is 13.1. The molecule has 19 heavy (non-hydrogen) atoms. The van der Waals surface area contributed by atoms with Crippen molar-refractivity contribution in [3.05, 3.63) is 34.7 Å². The van der Waals surface area contributed by atoms with E-state index in [4.69, 9.17) is 10.5 Å². The van der Waals surface area contributed by atoms with Crippen LogP contribution in [-0.2, 0) is 17.8 Å². The SMILES string of the molecule is COC1CCN(Cc2c(CN)sc3ccccc23)C1. The van der Waals surface area contributed by atoms with Crippen LogP contribution in [0.25, 0.3) is 10.1 Å². The largest absolute Gasteiger partial charge is 0.380 e. The summed E-state index contributed by atoms with van der Waals surface area (Å²) in [6.07, 6.45) is 1.53. The van der Waals surface area contributed by atoms with E-state index in [1.807, 2.05) is 11.3 Å². The first-order valence-electron chi connectivity index (χ1n) is 6.76. The highest BCUT2D eigenvalue weighted by Gasteiger charge is 2.23. The highest BCUT2D eigenvalue weighted by molar-refractivity contribution is 7.19. The van der Waals surface area contributed by atoms with E-state index in [0.717, 1.165) is 26.1 Å². The molecule has 0 radical (unpaired) electrons. The molecule has 4 heteroatoms. The molecule has 1 aromatic heterocycles. The molecular weight excluding hydrogens is 256 g/mol. The second kappa shape index (κ2) is 5.59. The lowest BCUT2D eigenvalue weighted by Gasteiger charge is -2.16. The summed E-state index contributed by atoms with van der Waals surface area (Å²) in [6, 6.07) is 8.61. The van der Waals surface area contributed by atoms with Crippen LogP contribution < -0.4 is 5.73 Å². The van der Waals surface area contributed by atoms with Gasteiger partial charge < -0.3 is 10.5 Å². The maximum absolute atomic E-state index is 5.91. The lowest BCUT2D eigenvalue weighted by atomic mass is 10.1. The smallest absolute Gasteiger partial charge is 0.0710 e. The second-order valence-electron chi connectivity index (χ2n) is 5.09. The predicted octanol–water partition coefficient (Wildman–Crippen LogP) is 2.58. The van der Waals surface area contributed by atoms with Crippen LogP contribution in [0.2, 0.25) is 0 Å². The van der Waals surface area contributed by atoms with Crippen LogP contribution in [0.5, 0.6) is 0 Å². The minimum atomic E-state index is 0.395. The third-order valence-corrected chi connectivity index (χ3v) is 5.15. The van der Waals surface area contributed by atoms with E-state index in [-0.39, 0.29) is 0 Å². The first-order valence-corrected chi connectivity index (χ1v) is 7.58. The van der Waals surface area contributed by atoms with E-state index in [9.17, 15) is 0 Å². The van der Waals surface area contributed by atoms with Crippen molar-refractivity contribution in [3.8, 4) is 0 Å². The van der Waals surface area contributed by atoms with Crippen LogP contribution in [0, 0.1) is 0 Å². The Kier molecular flexibility index (Phi) is 3.84. The molecule has 1 atom stereocenters. The molecular formula is C15H20N2OS. The van der Waals surface area contributed by atoms with Crippen molar-refractivity contribution in [2.75, 3.05) is 20.2 Å². The summed E-state index contributed by atoms with van der Waals surface area (Å²) < 4.78 is 6.79. The number of hydrogen-bond acceptors (Lipinski definition) is 4. The van der Waals surface area contributed by atoms with Gasteiger partial charge in [-0.3, -0.25) is 4.90 Å². The van der Waals surface area contributed by atoms with Crippen molar-refractivity contribution in [2.24, 2.45) is 5.73 Å². The van der Waals surface area contributed by atoms with Gasteiger partial charge in [-0.25, -0.2) is 0 Å². The minimum Gasteiger partial charge on any atom is -0.380 e. The Balaban J connectivity index is 1.87. The fourth-order valence-corrected chi connectivity index (χ4v) is 3.94. The quantitative estimate of drug-likeness (QED) is 0.933. The molecule has 0 amide bonds. The Morgan fingerprint density at radius 1 is 1.42 bits per heavy atom. The van der Waals surface area contributed by atoms with Gasteiger partial charge in [0.2, 0.25) is 0 Å². The van der Waals surface area contributed by atoms with E-state index in [0.29, 0.717) is 12.6 Å². The Morgan fingerprint density at radius 3 is 3.00 bits per heavy atom. The first-order chi connectivity index (χ1) is 9.31. The number of likely N-dealkylation sites (tertiary alicyclic amines) is 1. The van der Waals surface area contributed by atoms with Crippen LogP contribution in [0.3, 0.4) is 0 Å². The normalized spacial score (nSPS) is 20.4. The molecule has 2 heterocycles. The number of thiophene rings is 1. The highest BCUT2D eigenvalue weighted by atomic mass is 32.1. The third kappa shape index (κ3) is 2.54. The molecule has 0 bridgehead atoms. The van der Waals surface area contributed by atoms with Gasteiger partial charge in [-0.05, 0) is 23.4 Å². The molecule has 0 aliphatic carbocycles. The summed E-state index contributed by atoms with van der Waals surface area (Å²) in [5.74, 6) is 0. The van der Waals surface area contributed by atoms with Crippen molar-refractivity contribution in [1.29, 1.82) is 0 Å². The van der Waals surface area contributed by atoms with Gasteiger partial charge in [0, 0.05) is 42.9 Å². The average Bonchev–Trinajstić information content (AvgIpc) is 3.04. The van der Waals surface area contributed by atoms with Crippen molar-refractivity contribution in [3.63, 3.8) is 0 Å². The fraction of sp³-hybridized carbons (Fsp3) is 0.467. The molecule has 1 aliphatic rings. The predicted molar refractivity (Wildman–Crippen MR) is 80.4 cm³/mol. The van der Waals surface area contributed by atoms with Crippen molar-refractivity contribution in [1.82, 2.24) is 4.90 Å². The van der Waals surface area contributed by atoms with E-state index < -0.39 is 0 Å². The van der Waals surface area contributed by atoms with Gasteiger partial charge in [0.05, 0.1) is 6.10 Å². The lowest BCUT2D eigenvalue weighted by molar-refractivity contribution is 0.107. The summed E-state index contributed by atoms with van der Waals surface area (Å²) in [5.41, 5.74) is 7.33. The van der Waals surface area contributed by atoms with Crippen LogP contribution in [0.15, 0.2) is 24.3 Å². The average molecular weight is 276 g/mol. The number of rotatable bonds is 4. The van der Waals surface area contributed by atoms with E-state index in [1.165, 1.54) is 20.5 Å². The molecule has 1 fully saturated rings. The van der Waals surface area contributed by atoms with Gasteiger partial charge in [-0.15, -0.1) is 11.3 Å². The number of ether oxygens (including phenoxy) is 1. The van der Waals surface area contributed by atoms with Crippen LogP contribution >= 0.6 is 11.3 Å². The molecule has 102 valence electrons. The molecule has 1 unspecified atom stereocenters. The Hall–Kier alpha value is -0.940. The summed E-state index contributed by atoms with van der Waals surface area (Å²) >= 11 is 1.83. The van der Waals surface area contributed by atoms with Crippen molar-refractivity contribution >= 4 is 21.4 Å². The lowest BCUT2D eigenvalue weighted by Crippen LogP contribution is -2.22. The van der Waals surface area contributed by atoms with E-state index in [1.54, 1.807) is 7.11 Å². The van der Waals surface area contributed by atoms with Gasteiger partial charge in [0.25, 0.3) is 0 Å². The maximum atomic E-state index is 5.91. The highest BCUT2D eigenvalue weighted by Crippen LogP contribution is 2.32. The van der Waals surface area contributed by atoms with Crippen molar-refractivity contribution in [2.45, 2.75) is 25.6 Å². The van der Waals surface area contributed by atoms with E-state index in [2.05, 4.69) is 29.2 Å². The monoisotopic (exact) mass is 276 g/mol. The number of nitrogens with zero attached hydrogens (tertiary/aromatic N) is 1. The molecule has 1 aliphatic heterocycles. The van der Waals surface area contributed by atoms with Gasteiger partial charge >= 0.3 is 0 Å². The summed E-state index contributed by atoms with van der Waals surface area (Å²) in [7, 11) is 1.81. The summed E-state index contributed by atoms with van der Waals surface area (Å²) in [5, 5.41) is 1.37. The zero-order valence-corrected chi connectivity index (χ0v) is 12.1. The van der Waals surface area contributed by atoms with Crippen molar-refractivity contribution < 1.29 is 4.74 Å². The molecule has 1 aromatic carbocycles. The van der Waals surface area contributed by atoms with Gasteiger partial charge in [-0.1, -0.05) is 18.2 Å². The number of benzene rings is 1. The number of methoxy groups -OCH3 is 1. The number of hydrogen-bond donors (Lipinski definition) is 1. The molecule has 3 rings (SSSR count). The Morgan fingerprint density at radius 2 is 2.26 bits per heavy atom. The third-order valence-electron chi connectivity index (χ3n) is 3.91. The molecule has 2 aromatic rings. The molecule has 0 spiro atoms. The zero-order chi connectivity index (χ0) is 13.2. The molecule has 1 saturated heterocycles.